The lowest BCUT2D eigenvalue weighted by molar-refractivity contribution is -0.300. The van der Waals surface area contributed by atoms with Gasteiger partial charge in [0.15, 0.2) is 47.1 Å². The number of rotatable bonds is 10. The monoisotopic (exact) mass is 613 g/mol. The molecule has 0 bridgehead atoms. The molecule has 2 fully saturated rings. The Hall–Kier alpha value is -2.95. The highest BCUT2D eigenvalue weighted by atomic mass is 31.1. The van der Waals surface area contributed by atoms with Crippen molar-refractivity contribution in [1.29, 1.82) is 0 Å². The molecule has 0 aromatic carbocycles. The predicted octanol–water partition coefficient (Wildman–Crippen LogP) is 0.597. The smallest absolute Gasteiger partial charge is 0.280 e. The van der Waals surface area contributed by atoms with Crippen molar-refractivity contribution in [3.63, 3.8) is 0 Å². The maximum Gasteiger partial charge on any atom is 0.280 e. The summed E-state index contributed by atoms with van der Waals surface area (Å²) < 4.78 is 41.0. The Morgan fingerprint density at radius 3 is 2.73 bits per heavy atom. The number of fused-ring (bicyclic) bond motifs is 2. The number of nitrogens with zero attached hydrogens (tertiary/aromatic N) is 6. The van der Waals surface area contributed by atoms with Crippen LogP contribution in [0.25, 0.3) is 22.3 Å². The van der Waals surface area contributed by atoms with E-state index in [1.54, 1.807) is 4.57 Å². The molecule has 220 valence electrons. The fourth-order valence-electron chi connectivity index (χ4n) is 5.15. The van der Waals surface area contributed by atoms with Gasteiger partial charge in [-0.1, -0.05) is 0 Å². The summed E-state index contributed by atoms with van der Waals surface area (Å²) in [5.74, 6) is -0.0978. The average Bonchev–Trinajstić information content (AvgIpc) is 3.72. The predicted molar refractivity (Wildman–Crippen MR) is 144 cm³/mol. The largest absolute Gasteiger partial charge is 0.369 e. The highest BCUT2D eigenvalue weighted by molar-refractivity contribution is 7.32. The number of ether oxygens (including phenoxy) is 2. The van der Waals surface area contributed by atoms with Crippen molar-refractivity contribution in [2.45, 2.75) is 50.0 Å². The van der Waals surface area contributed by atoms with E-state index in [4.69, 9.17) is 24.3 Å². The first-order valence-corrected chi connectivity index (χ1v) is 14.1. The maximum atomic E-state index is 15.2. The summed E-state index contributed by atoms with van der Waals surface area (Å²) in [6.07, 6.45) is -0.632. The first-order chi connectivity index (χ1) is 19.9. The molecule has 6 heterocycles. The first kappa shape index (κ1) is 28.2. The Bertz CT molecular complexity index is 1650. The number of nitrogens with one attached hydrogen (secondary N) is 2. The molecular formula is C21H26FN9O8P2. The summed E-state index contributed by atoms with van der Waals surface area (Å²) in [6.45, 7) is 0.326. The molecule has 6 rings (SSSR count). The second kappa shape index (κ2) is 11.7. The van der Waals surface area contributed by atoms with Crippen molar-refractivity contribution < 1.29 is 33.1 Å². The fourth-order valence-corrected chi connectivity index (χ4v) is 6.30. The van der Waals surface area contributed by atoms with Gasteiger partial charge in [0, 0.05) is 18.3 Å². The van der Waals surface area contributed by atoms with Gasteiger partial charge in [-0.2, -0.15) is 4.98 Å². The quantitative estimate of drug-likeness (QED) is 0.0834. The van der Waals surface area contributed by atoms with Crippen LogP contribution in [0.3, 0.4) is 0 Å². The van der Waals surface area contributed by atoms with Crippen molar-refractivity contribution in [3.8, 4) is 0 Å². The number of hydrogen-bond acceptors (Lipinski definition) is 13. The summed E-state index contributed by atoms with van der Waals surface area (Å²) in [7, 11) is 2.06. The zero-order valence-electron chi connectivity index (χ0n) is 21.1. The molecule has 2 aliphatic heterocycles. The van der Waals surface area contributed by atoms with Crippen LogP contribution in [0.2, 0.25) is 0 Å². The van der Waals surface area contributed by atoms with Crippen molar-refractivity contribution in [2.24, 2.45) is 5.92 Å². The number of hydrogen-bond donors (Lipinski definition) is 4. The van der Waals surface area contributed by atoms with Gasteiger partial charge in [-0.25, -0.2) is 24.2 Å². The Balaban J connectivity index is 1.08. The van der Waals surface area contributed by atoms with E-state index in [0.29, 0.717) is 31.3 Å². The highest BCUT2D eigenvalue weighted by Gasteiger charge is 2.49. The van der Waals surface area contributed by atoms with Crippen LogP contribution in [-0.2, 0) is 23.4 Å². The van der Waals surface area contributed by atoms with Crippen LogP contribution in [0.4, 0.5) is 10.3 Å². The zero-order valence-corrected chi connectivity index (χ0v) is 23.3. The third kappa shape index (κ3) is 5.26. The molecule has 4 aromatic heterocycles. The van der Waals surface area contributed by atoms with Crippen LogP contribution in [0.5, 0.6) is 0 Å². The van der Waals surface area contributed by atoms with E-state index in [2.05, 4.69) is 44.3 Å². The lowest BCUT2D eigenvalue weighted by Crippen LogP contribution is -2.30. The highest BCUT2D eigenvalue weighted by Crippen LogP contribution is 2.40. The second-order valence-electron chi connectivity index (χ2n) is 9.50. The normalized spacial score (nSPS) is 28.6. The summed E-state index contributed by atoms with van der Waals surface area (Å²) >= 11 is 0. The Morgan fingerprint density at radius 2 is 1.95 bits per heavy atom. The van der Waals surface area contributed by atoms with Gasteiger partial charge in [0.25, 0.3) is 11.1 Å². The fraction of sp³-hybridized carbons (Fsp3) is 0.524. The summed E-state index contributed by atoms with van der Waals surface area (Å²) in [6, 6.07) is 0. The third-order valence-corrected chi connectivity index (χ3v) is 8.17. The van der Waals surface area contributed by atoms with Crippen LogP contribution in [-0.4, -0.2) is 81.7 Å². The van der Waals surface area contributed by atoms with Gasteiger partial charge >= 0.3 is 0 Å². The van der Waals surface area contributed by atoms with E-state index in [9.17, 15) is 14.8 Å². The summed E-state index contributed by atoms with van der Waals surface area (Å²) in [5, 5.41) is 9.41. The molecule has 3 unspecified atom stereocenters. The lowest BCUT2D eigenvalue weighted by Gasteiger charge is -2.18. The molecule has 0 amide bonds. The lowest BCUT2D eigenvalue weighted by atomic mass is 9.98. The van der Waals surface area contributed by atoms with Crippen molar-refractivity contribution >= 4 is 46.6 Å². The summed E-state index contributed by atoms with van der Waals surface area (Å²) in [5.41, 5.74) is 5.38. The van der Waals surface area contributed by atoms with Gasteiger partial charge in [-0.15, -0.1) is 0 Å². The molecule has 2 saturated heterocycles. The second-order valence-corrected chi connectivity index (χ2v) is 10.9. The molecule has 0 radical (unpaired) electrons. The number of imidazole rings is 2. The van der Waals surface area contributed by atoms with E-state index in [0.717, 1.165) is 0 Å². The molecular weight excluding hydrogens is 587 g/mol. The third-order valence-electron chi connectivity index (χ3n) is 7.09. The van der Waals surface area contributed by atoms with Gasteiger partial charge in [0.1, 0.15) is 6.23 Å². The van der Waals surface area contributed by atoms with Crippen molar-refractivity contribution in [1.82, 2.24) is 39.0 Å². The number of alkyl halides is 1. The van der Waals surface area contributed by atoms with Gasteiger partial charge < -0.3 is 29.2 Å². The number of halogens is 1. The number of aromatic nitrogens is 8. The van der Waals surface area contributed by atoms with Crippen molar-refractivity contribution in [3.05, 3.63) is 39.7 Å². The number of anilines is 1. The van der Waals surface area contributed by atoms with E-state index in [-0.39, 0.29) is 49.0 Å². The van der Waals surface area contributed by atoms with Gasteiger partial charge in [0.05, 0.1) is 31.7 Å². The molecule has 4 aromatic rings. The van der Waals surface area contributed by atoms with Gasteiger partial charge in [0.2, 0.25) is 5.95 Å². The van der Waals surface area contributed by atoms with Gasteiger partial charge in [-0.05, 0) is 24.9 Å². The minimum atomic E-state index is -1.85. The van der Waals surface area contributed by atoms with Crippen LogP contribution in [0, 0.1) is 5.92 Å². The standard InChI is InChI=1S/C21H26FN9O8P2/c22-11-14(38-34)19(31-7-27-13-16(31)28-21(23)29-18(13)33)37-20(11)39-41-2-1-8-3-10(36-9(8)4-35-40)30-6-26-12-15(30)24-5-25-17(12)32/h5-11,14,19-20,34,41H,1-4,40H2,(H,24,25,32)(H3,23,28,29,33)/t8-,9+,10+,11-,14+,19+,20?/m0/s1. The molecule has 9 atom stereocenters. The topological polar surface area (TPSA) is 220 Å². The summed E-state index contributed by atoms with van der Waals surface area (Å²) in [4.78, 5) is 49.7. The van der Waals surface area contributed by atoms with E-state index < -0.39 is 36.6 Å². The van der Waals surface area contributed by atoms with Crippen LogP contribution in [0.1, 0.15) is 25.3 Å². The molecule has 20 heteroatoms. The minimum Gasteiger partial charge on any atom is -0.369 e. The Morgan fingerprint density at radius 1 is 1.17 bits per heavy atom. The zero-order chi connectivity index (χ0) is 28.7. The molecule has 17 nitrogen and oxygen atoms in total. The number of aromatic amines is 2. The molecule has 0 spiro atoms. The van der Waals surface area contributed by atoms with Crippen LogP contribution in [0.15, 0.2) is 28.6 Å². The first-order valence-electron chi connectivity index (χ1n) is 12.5. The molecule has 0 saturated carbocycles. The average molecular weight is 613 g/mol. The number of H-pyrrole nitrogens is 2. The Labute approximate surface area is 233 Å². The van der Waals surface area contributed by atoms with E-state index >= 15 is 4.39 Å². The minimum absolute atomic E-state index is 0.0338. The van der Waals surface area contributed by atoms with E-state index in [1.807, 2.05) is 0 Å². The Kier molecular flexibility index (Phi) is 8.07. The van der Waals surface area contributed by atoms with Gasteiger partial charge in [-0.3, -0.25) is 29.0 Å². The van der Waals surface area contributed by atoms with Crippen LogP contribution < -0.4 is 16.9 Å². The number of nitrogens with two attached hydrogens (primary N) is 1. The molecule has 41 heavy (non-hydrogen) atoms. The molecule has 2 aliphatic rings. The SMILES string of the molecule is Nc1nc2c(ncn2[C@@H]2OC(OPCC[C@H]3C[C@H](n4cnc5c(=O)[nH]cnc54)O[C@@H]3COP)[C@@H](F)[C@H]2OO)c(=O)[nH]1. The molecule has 0 aliphatic carbocycles. The van der Waals surface area contributed by atoms with Crippen molar-refractivity contribution in [2.75, 3.05) is 18.5 Å². The maximum absolute atomic E-state index is 15.2. The van der Waals surface area contributed by atoms with E-state index in [1.165, 1.54) is 23.5 Å². The number of nitrogen functional groups attached to an aromatic ring is 1. The molecule has 5 N–H and O–H groups in total. The van der Waals surface area contributed by atoms with Crippen LogP contribution >= 0.6 is 18.3 Å².